The smallest absolute Gasteiger partial charge is 0.0877 e. The fourth-order valence-corrected chi connectivity index (χ4v) is 1.62. The second-order valence-corrected chi connectivity index (χ2v) is 4.01. The summed E-state index contributed by atoms with van der Waals surface area (Å²) in [5.74, 6) is 0. The molecule has 0 rings (SSSR count). The predicted octanol–water partition coefficient (Wildman–Crippen LogP) is 4.29. The average Bonchev–Trinajstić information content (AvgIpc) is 2.00. The Labute approximate surface area is 83.8 Å². The highest BCUT2D eigenvalue weighted by Gasteiger charge is 2.00. The van der Waals surface area contributed by atoms with Crippen LogP contribution < -0.4 is 0 Å². The zero-order chi connectivity index (χ0) is 8.15. The largest absolute Gasteiger partial charge is 0.116 e. The SMILES string of the molecule is CS/C(Cl)=C(Br)\C(C)=C\Cl. The van der Waals surface area contributed by atoms with Crippen LogP contribution >= 0.6 is 50.9 Å². The minimum absolute atomic E-state index is 0.717. The van der Waals surface area contributed by atoms with Gasteiger partial charge in [-0.15, -0.1) is 11.8 Å². The Morgan fingerprint density at radius 2 is 2.10 bits per heavy atom. The van der Waals surface area contributed by atoms with Crippen molar-refractivity contribution in [2.24, 2.45) is 0 Å². The second kappa shape index (κ2) is 5.53. The van der Waals surface area contributed by atoms with Gasteiger partial charge in [0.2, 0.25) is 0 Å². The fourth-order valence-electron chi connectivity index (χ4n) is 0.293. The Kier molecular flexibility index (Phi) is 6.02. The first-order chi connectivity index (χ1) is 4.63. The summed E-state index contributed by atoms with van der Waals surface area (Å²) in [4.78, 5) is 0. The van der Waals surface area contributed by atoms with E-state index in [4.69, 9.17) is 23.2 Å². The van der Waals surface area contributed by atoms with Gasteiger partial charge in [-0.3, -0.25) is 0 Å². The van der Waals surface area contributed by atoms with E-state index in [2.05, 4.69) is 15.9 Å². The standard InChI is InChI=1S/C6H7BrCl2S/c1-4(3-8)5(7)6(9)10-2/h3H,1-2H3/b4-3+,6-5+. The molecule has 0 unspecified atom stereocenters. The molecule has 4 heteroatoms. The molecule has 0 N–H and O–H groups in total. The van der Waals surface area contributed by atoms with Crippen LogP contribution in [0.25, 0.3) is 0 Å². The van der Waals surface area contributed by atoms with Crippen LogP contribution in [0.5, 0.6) is 0 Å². The van der Waals surface area contributed by atoms with Crippen molar-refractivity contribution in [3.05, 3.63) is 20.0 Å². The van der Waals surface area contributed by atoms with E-state index in [1.807, 2.05) is 13.2 Å². The van der Waals surface area contributed by atoms with Crippen molar-refractivity contribution in [1.82, 2.24) is 0 Å². The van der Waals surface area contributed by atoms with Gasteiger partial charge in [-0.1, -0.05) is 23.2 Å². The van der Waals surface area contributed by atoms with Crippen LogP contribution in [-0.4, -0.2) is 6.26 Å². The number of thioether (sulfide) groups is 1. The Morgan fingerprint density at radius 3 is 2.40 bits per heavy atom. The Balaban J connectivity index is 4.46. The maximum atomic E-state index is 5.79. The highest BCUT2D eigenvalue weighted by molar-refractivity contribution is 9.12. The van der Waals surface area contributed by atoms with Gasteiger partial charge in [0.05, 0.1) is 4.36 Å². The number of hydrogen-bond acceptors (Lipinski definition) is 1. The lowest BCUT2D eigenvalue weighted by molar-refractivity contribution is 1.54. The van der Waals surface area contributed by atoms with Gasteiger partial charge in [-0.25, -0.2) is 0 Å². The third-order valence-electron chi connectivity index (χ3n) is 0.862. The molecule has 0 amide bonds. The molecule has 0 atom stereocenters. The summed E-state index contributed by atoms with van der Waals surface area (Å²) < 4.78 is 1.58. The van der Waals surface area contributed by atoms with Crippen molar-refractivity contribution < 1.29 is 0 Å². The topological polar surface area (TPSA) is 0 Å². The van der Waals surface area contributed by atoms with Crippen LogP contribution in [0.15, 0.2) is 20.0 Å². The van der Waals surface area contributed by atoms with Crippen molar-refractivity contribution in [1.29, 1.82) is 0 Å². The summed E-state index contributed by atoms with van der Waals surface area (Å²) in [5.41, 5.74) is 2.42. The molecular formula is C6H7BrCl2S. The normalized spacial score (nSPS) is 15.1. The number of allylic oxidation sites excluding steroid dienone is 2. The molecule has 0 aliphatic carbocycles. The van der Waals surface area contributed by atoms with E-state index >= 15 is 0 Å². The summed E-state index contributed by atoms with van der Waals surface area (Å²) in [6.45, 7) is 1.88. The van der Waals surface area contributed by atoms with Crippen molar-refractivity contribution in [2.45, 2.75) is 6.92 Å². The molecule has 0 aliphatic rings. The molecule has 0 aromatic rings. The monoisotopic (exact) mass is 260 g/mol. The summed E-state index contributed by atoms with van der Waals surface area (Å²) in [6, 6.07) is 0. The van der Waals surface area contributed by atoms with Crippen LogP contribution in [0, 0.1) is 0 Å². The zero-order valence-electron chi connectivity index (χ0n) is 5.62. The predicted molar refractivity (Wildman–Crippen MR) is 54.9 cm³/mol. The molecule has 0 aromatic heterocycles. The first-order valence-electron chi connectivity index (χ1n) is 2.50. The Bertz CT molecular complexity index is 175. The summed E-state index contributed by atoms with van der Waals surface area (Å²) in [6.07, 6.45) is 1.91. The van der Waals surface area contributed by atoms with Gasteiger partial charge >= 0.3 is 0 Å². The van der Waals surface area contributed by atoms with Crippen molar-refractivity contribution in [3.63, 3.8) is 0 Å². The van der Waals surface area contributed by atoms with Gasteiger partial charge in [0, 0.05) is 10.0 Å². The molecule has 0 fully saturated rings. The quantitative estimate of drug-likeness (QED) is 0.668. The van der Waals surface area contributed by atoms with E-state index in [0.717, 1.165) is 14.4 Å². The van der Waals surface area contributed by atoms with Gasteiger partial charge in [0.1, 0.15) is 0 Å². The van der Waals surface area contributed by atoms with E-state index in [-0.39, 0.29) is 0 Å². The highest BCUT2D eigenvalue weighted by Crippen LogP contribution is 2.30. The first kappa shape index (κ1) is 10.9. The Hall–Kier alpha value is 0.890. The molecule has 0 aromatic carbocycles. The Morgan fingerprint density at radius 1 is 1.60 bits per heavy atom. The van der Waals surface area contributed by atoms with E-state index < -0.39 is 0 Å². The number of rotatable bonds is 2. The van der Waals surface area contributed by atoms with Crippen LogP contribution in [0.1, 0.15) is 6.92 Å². The fraction of sp³-hybridized carbons (Fsp3) is 0.333. The third-order valence-corrected chi connectivity index (χ3v) is 3.92. The van der Waals surface area contributed by atoms with E-state index in [0.29, 0.717) is 0 Å². The van der Waals surface area contributed by atoms with Crippen LogP contribution in [0.4, 0.5) is 0 Å². The van der Waals surface area contributed by atoms with E-state index in [9.17, 15) is 0 Å². The maximum Gasteiger partial charge on any atom is 0.0877 e. The van der Waals surface area contributed by atoms with Gasteiger partial charge in [0.15, 0.2) is 0 Å². The molecule has 10 heavy (non-hydrogen) atoms. The second-order valence-electron chi connectivity index (χ2n) is 1.58. The van der Waals surface area contributed by atoms with Crippen LogP contribution in [-0.2, 0) is 0 Å². The molecule has 0 aliphatic heterocycles. The average molecular weight is 262 g/mol. The van der Waals surface area contributed by atoms with Crippen molar-refractivity contribution >= 4 is 50.9 Å². The molecule has 0 radical (unpaired) electrons. The highest BCUT2D eigenvalue weighted by atomic mass is 79.9. The molecule has 58 valence electrons. The van der Waals surface area contributed by atoms with Gasteiger partial charge in [0.25, 0.3) is 0 Å². The molecule has 0 saturated carbocycles. The number of hydrogen-bond donors (Lipinski definition) is 0. The molecule has 0 heterocycles. The first-order valence-corrected chi connectivity index (χ1v) is 5.33. The van der Waals surface area contributed by atoms with Crippen molar-refractivity contribution in [3.8, 4) is 0 Å². The van der Waals surface area contributed by atoms with E-state index in [1.165, 1.54) is 17.3 Å². The van der Waals surface area contributed by atoms with E-state index in [1.54, 1.807) is 0 Å². The summed E-state index contributed by atoms with van der Waals surface area (Å²) >= 11 is 16.0. The summed E-state index contributed by atoms with van der Waals surface area (Å²) in [5, 5.41) is 0. The lowest BCUT2D eigenvalue weighted by atomic mass is 10.4. The van der Waals surface area contributed by atoms with Gasteiger partial charge in [-0.05, 0) is 34.7 Å². The minimum Gasteiger partial charge on any atom is -0.116 e. The van der Waals surface area contributed by atoms with Crippen LogP contribution in [0.3, 0.4) is 0 Å². The lowest BCUT2D eigenvalue weighted by Gasteiger charge is -1.98. The summed E-state index contributed by atoms with van der Waals surface area (Å²) in [7, 11) is 0. The van der Waals surface area contributed by atoms with Crippen molar-refractivity contribution in [2.75, 3.05) is 6.26 Å². The lowest BCUT2D eigenvalue weighted by Crippen LogP contribution is -1.74. The molecule has 0 saturated heterocycles. The van der Waals surface area contributed by atoms with Gasteiger partial charge < -0.3 is 0 Å². The maximum absolute atomic E-state index is 5.79. The molecular weight excluding hydrogens is 255 g/mol. The molecule has 0 spiro atoms. The number of halogens is 3. The minimum atomic E-state index is 0.717. The molecule has 0 bridgehead atoms. The third kappa shape index (κ3) is 3.33. The van der Waals surface area contributed by atoms with Gasteiger partial charge in [-0.2, -0.15) is 0 Å². The van der Waals surface area contributed by atoms with Crippen LogP contribution in [0.2, 0.25) is 0 Å². The molecule has 0 nitrogen and oxygen atoms in total. The zero-order valence-corrected chi connectivity index (χ0v) is 9.53.